The normalized spacial score (nSPS) is 12.2. The molecule has 0 unspecified atom stereocenters. The van der Waals surface area contributed by atoms with Crippen LogP contribution in [0.25, 0.3) is 10.9 Å². The maximum atomic E-state index is 13.0. The molecule has 1 aromatic heterocycles. The number of thioether (sulfide) groups is 1. The van der Waals surface area contributed by atoms with Crippen molar-refractivity contribution in [1.29, 1.82) is 0 Å². The largest absolute Gasteiger partial charge is 0.342 e. The molecule has 1 atom stereocenters. The summed E-state index contributed by atoms with van der Waals surface area (Å²) in [6, 6.07) is 5.63. The molecule has 0 fully saturated rings. The van der Waals surface area contributed by atoms with Crippen LogP contribution in [0.15, 0.2) is 40.3 Å². The highest BCUT2D eigenvalue weighted by Crippen LogP contribution is 2.25. The first-order valence-corrected chi connectivity index (χ1v) is 10.5. The van der Waals surface area contributed by atoms with Crippen LogP contribution in [0.2, 0.25) is 0 Å². The Labute approximate surface area is 172 Å². The molecule has 1 heterocycles. The van der Waals surface area contributed by atoms with Crippen LogP contribution in [0.1, 0.15) is 27.7 Å². The number of amides is 1. The molecule has 5 nitrogen and oxygen atoms in total. The number of carbonyl (C=O) groups excluding carboxylic acids is 1. The van der Waals surface area contributed by atoms with E-state index >= 15 is 0 Å². The van der Waals surface area contributed by atoms with Crippen LogP contribution >= 0.6 is 34.4 Å². The summed E-state index contributed by atoms with van der Waals surface area (Å²) in [5.41, 5.74) is 1.42. The zero-order valence-corrected chi connectivity index (χ0v) is 18.6. The Kier molecular flexibility index (Phi) is 7.28. The fourth-order valence-electron chi connectivity index (χ4n) is 2.67. The van der Waals surface area contributed by atoms with Crippen molar-refractivity contribution in [1.82, 2.24) is 14.5 Å². The van der Waals surface area contributed by atoms with Crippen molar-refractivity contribution in [2.45, 2.75) is 44.6 Å². The summed E-state index contributed by atoms with van der Waals surface area (Å²) in [5.74, 6) is 0.0545. The van der Waals surface area contributed by atoms with Gasteiger partial charge in [-0.1, -0.05) is 23.9 Å². The van der Waals surface area contributed by atoms with E-state index < -0.39 is 0 Å². The molecule has 0 saturated heterocycles. The third kappa shape index (κ3) is 4.68. The molecule has 0 N–H and O–H groups in total. The number of aromatic nitrogens is 2. The van der Waals surface area contributed by atoms with Crippen molar-refractivity contribution < 1.29 is 4.79 Å². The van der Waals surface area contributed by atoms with Gasteiger partial charge in [-0.25, -0.2) is 4.98 Å². The second-order valence-corrected chi connectivity index (χ2v) is 8.73. The topological polar surface area (TPSA) is 55.2 Å². The van der Waals surface area contributed by atoms with Gasteiger partial charge >= 0.3 is 0 Å². The van der Waals surface area contributed by atoms with E-state index in [1.165, 1.54) is 11.8 Å². The summed E-state index contributed by atoms with van der Waals surface area (Å²) in [4.78, 5) is 32.1. The molecular formula is C19H24IN3O2S. The summed E-state index contributed by atoms with van der Waals surface area (Å²) in [6.45, 7) is 13.3. The minimum absolute atomic E-state index is 0.0545. The summed E-state index contributed by atoms with van der Waals surface area (Å²) in [5, 5.41) is 0.824. The Hall–Kier alpha value is -1.35. The molecule has 1 amide bonds. The second-order valence-electron chi connectivity index (χ2n) is 6.17. The van der Waals surface area contributed by atoms with Crippen LogP contribution in [-0.4, -0.2) is 38.7 Å². The van der Waals surface area contributed by atoms with E-state index in [1.54, 1.807) is 9.47 Å². The van der Waals surface area contributed by atoms with Crippen LogP contribution < -0.4 is 5.56 Å². The fraction of sp³-hybridized carbons (Fsp3) is 0.421. The first-order chi connectivity index (χ1) is 12.3. The van der Waals surface area contributed by atoms with E-state index in [1.807, 2.05) is 45.9 Å². The summed E-state index contributed by atoms with van der Waals surface area (Å²) < 4.78 is 2.61. The third-order valence-corrected chi connectivity index (χ3v) is 5.76. The SMILES string of the molecule is C=C(C)Cn1c(S[C@@H](C)C(=O)N(CC)CC)nc2ccc(I)cc2c1=O. The average Bonchev–Trinajstić information content (AvgIpc) is 2.59. The highest BCUT2D eigenvalue weighted by atomic mass is 127. The van der Waals surface area contributed by atoms with Crippen molar-refractivity contribution in [3.63, 3.8) is 0 Å². The number of nitrogens with zero attached hydrogens (tertiary/aromatic N) is 3. The maximum absolute atomic E-state index is 13.0. The predicted octanol–water partition coefficient (Wildman–Crippen LogP) is 3.93. The lowest BCUT2D eigenvalue weighted by molar-refractivity contribution is -0.129. The van der Waals surface area contributed by atoms with E-state index in [2.05, 4.69) is 34.2 Å². The Morgan fingerprint density at radius 2 is 2.04 bits per heavy atom. The molecule has 0 bridgehead atoms. The first-order valence-electron chi connectivity index (χ1n) is 8.58. The van der Waals surface area contributed by atoms with Gasteiger partial charge in [-0.05, 0) is 68.5 Å². The molecule has 2 aromatic rings. The van der Waals surface area contributed by atoms with Crippen molar-refractivity contribution >= 4 is 51.2 Å². The Balaban J connectivity index is 2.51. The monoisotopic (exact) mass is 485 g/mol. The van der Waals surface area contributed by atoms with Gasteiger partial charge in [0.25, 0.3) is 5.56 Å². The zero-order valence-electron chi connectivity index (χ0n) is 15.6. The molecule has 7 heteroatoms. The van der Waals surface area contributed by atoms with Gasteiger partial charge < -0.3 is 4.90 Å². The molecule has 0 aliphatic rings. The lowest BCUT2D eigenvalue weighted by atomic mass is 10.2. The highest BCUT2D eigenvalue weighted by Gasteiger charge is 2.22. The van der Waals surface area contributed by atoms with Crippen LogP contribution in [0.3, 0.4) is 0 Å². The lowest BCUT2D eigenvalue weighted by Gasteiger charge is -2.23. The van der Waals surface area contributed by atoms with E-state index in [4.69, 9.17) is 0 Å². The van der Waals surface area contributed by atoms with E-state index in [0.29, 0.717) is 35.7 Å². The number of benzene rings is 1. The van der Waals surface area contributed by atoms with Crippen LogP contribution in [0.4, 0.5) is 0 Å². The van der Waals surface area contributed by atoms with Crippen LogP contribution in [0.5, 0.6) is 0 Å². The first kappa shape index (κ1) is 21.0. The fourth-order valence-corrected chi connectivity index (χ4v) is 4.16. The van der Waals surface area contributed by atoms with E-state index in [0.717, 1.165) is 9.14 Å². The molecule has 140 valence electrons. The van der Waals surface area contributed by atoms with Crippen molar-refractivity contribution in [3.8, 4) is 0 Å². The van der Waals surface area contributed by atoms with E-state index in [-0.39, 0.29) is 16.7 Å². The number of allylic oxidation sites excluding steroid dienone is 1. The van der Waals surface area contributed by atoms with Gasteiger partial charge in [0.15, 0.2) is 5.16 Å². The number of halogens is 1. The highest BCUT2D eigenvalue weighted by molar-refractivity contribution is 14.1. The Bertz CT molecular complexity index is 890. The number of hydrogen-bond donors (Lipinski definition) is 0. The molecule has 0 saturated carbocycles. The van der Waals surface area contributed by atoms with Crippen LogP contribution in [-0.2, 0) is 11.3 Å². The molecule has 1 aromatic carbocycles. The zero-order chi connectivity index (χ0) is 19.4. The number of hydrogen-bond acceptors (Lipinski definition) is 4. The molecule has 0 radical (unpaired) electrons. The summed E-state index contributed by atoms with van der Waals surface area (Å²) in [6.07, 6.45) is 0. The molecule has 0 aliphatic carbocycles. The van der Waals surface area contributed by atoms with Gasteiger partial charge in [0, 0.05) is 23.2 Å². The summed E-state index contributed by atoms with van der Waals surface area (Å²) in [7, 11) is 0. The minimum Gasteiger partial charge on any atom is -0.342 e. The standard InChI is InChI=1S/C19H24IN3O2S/c1-6-22(7-2)17(24)13(5)26-19-21-16-9-8-14(20)10-15(16)18(25)23(19)11-12(3)4/h8-10,13H,3,6-7,11H2,1-2,4-5H3/t13-/m0/s1. The van der Waals surface area contributed by atoms with Gasteiger partial charge in [-0.15, -0.1) is 0 Å². The molecule has 2 rings (SSSR count). The number of fused-ring (bicyclic) bond motifs is 1. The average molecular weight is 485 g/mol. The molecule has 0 spiro atoms. The van der Waals surface area contributed by atoms with Gasteiger partial charge in [0.1, 0.15) is 0 Å². The van der Waals surface area contributed by atoms with Gasteiger partial charge in [-0.2, -0.15) is 0 Å². The number of carbonyl (C=O) groups is 1. The van der Waals surface area contributed by atoms with Gasteiger partial charge in [0.2, 0.25) is 5.91 Å². The third-order valence-electron chi connectivity index (χ3n) is 4.01. The summed E-state index contributed by atoms with van der Waals surface area (Å²) >= 11 is 3.52. The molecular weight excluding hydrogens is 461 g/mol. The van der Waals surface area contributed by atoms with E-state index in [9.17, 15) is 9.59 Å². The van der Waals surface area contributed by atoms with Crippen molar-refractivity contribution in [2.75, 3.05) is 13.1 Å². The number of rotatable bonds is 7. The van der Waals surface area contributed by atoms with Crippen molar-refractivity contribution in [2.24, 2.45) is 0 Å². The quantitative estimate of drug-likeness (QED) is 0.258. The molecule has 0 aliphatic heterocycles. The predicted molar refractivity (Wildman–Crippen MR) is 117 cm³/mol. The molecule has 26 heavy (non-hydrogen) atoms. The Morgan fingerprint density at radius 1 is 1.38 bits per heavy atom. The van der Waals surface area contributed by atoms with Gasteiger partial charge in [-0.3, -0.25) is 14.2 Å². The minimum atomic E-state index is -0.320. The maximum Gasteiger partial charge on any atom is 0.262 e. The smallest absolute Gasteiger partial charge is 0.262 e. The van der Waals surface area contributed by atoms with Crippen LogP contribution in [0, 0.1) is 3.57 Å². The Morgan fingerprint density at radius 3 is 2.62 bits per heavy atom. The van der Waals surface area contributed by atoms with Gasteiger partial charge in [0.05, 0.1) is 16.2 Å². The lowest BCUT2D eigenvalue weighted by Crippen LogP contribution is -2.36. The van der Waals surface area contributed by atoms with Crippen molar-refractivity contribution in [3.05, 3.63) is 44.3 Å². The second kappa shape index (κ2) is 9.03.